The fourth-order valence-corrected chi connectivity index (χ4v) is 4.53. The number of aliphatic hydroxyl groups is 1. The minimum atomic E-state index is -0.491. The topological polar surface area (TPSA) is 46.2 Å². The first-order valence-corrected chi connectivity index (χ1v) is 7.46. The van der Waals surface area contributed by atoms with Crippen LogP contribution in [0, 0.1) is 17.3 Å². The Kier molecular flexibility index (Phi) is 3.84. The maximum Gasteiger partial charge on any atom is 0.0741 e. The molecule has 2 heteroatoms. The van der Waals surface area contributed by atoms with Crippen molar-refractivity contribution < 1.29 is 5.11 Å². The average molecular weight is 239 g/mol. The van der Waals surface area contributed by atoms with E-state index in [0.717, 1.165) is 25.2 Å². The molecule has 17 heavy (non-hydrogen) atoms. The highest BCUT2D eigenvalue weighted by Gasteiger charge is 2.53. The molecule has 0 aliphatic heterocycles. The third kappa shape index (κ3) is 2.15. The van der Waals surface area contributed by atoms with Crippen molar-refractivity contribution in [1.29, 1.82) is 0 Å². The molecule has 0 saturated heterocycles. The Hall–Kier alpha value is -0.0800. The lowest BCUT2D eigenvalue weighted by Crippen LogP contribution is -2.59. The van der Waals surface area contributed by atoms with Crippen molar-refractivity contribution >= 4 is 0 Å². The minimum Gasteiger partial charge on any atom is -0.389 e. The second-order valence-electron chi connectivity index (χ2n) is 6.76. The van der Waals surface area contributed by atoms with Crippen molar-refractivity contribution in [2.75, 3.05) is 6.54 Å². The fraction of sp³-hybridized carbons (Fsp3) is 1.00. The molecule has 4 atom stereocenters. The SMILES string of the molecule is CC1CCCC(CN)(C2(O)CCCCC2C)C1. The predicted octanol–water partition coefficient (Wildman–Crippen LogP) is 3.08. The van der Waals surface area contributed by atoms with Gasteiger partial charge in [-0.05, 0) is 37.5 Å². The van der Waals surface area contributed by atoms with Crippen LogP contribution in [-0.4, -0.2) is 17.3 Å². The third-order valence-corrected chi connectivity index (χ3v) is 5.66. The lowest BCUT2D eigenvalue weighted by atomic mass is 9.54. The van der Waals surface area contributed by atoms with E-state index in [-0.39, 0.29) is 5.41 Å². The molecular weight excluding hydrogens is 210 g/mol. The molecule has 0 amide bonds. The third-order valence-electron chi connectivity index (χ3n) is 5.66. The van der Waals surface area contributed by atoms with Crippen molar-refractivity contribution in [3.8, 4) is 0 Å². The molecule has 3 N–H and O–H groups in total. The summed E-state index contributed by atoms with van der Waals surface area (Å²) in [7, 11) is 0. The number of nitrogens with two attached hydrogens (primary N) is 1. The Bertz CT molecular complexity index is 268. The van der Waals surface area contributed by atoms with Gasteiger partial charge in [-0.3, -0.25) is 0 Å². The summed E-state index contributed by atoms with van der Waals surface area (Å²) in [6, 6.07) is 0. The van der Waals surface area contributed by atoms with Crippen LogP contribution in [0.2, 0.25) is 0 Å². The van der Waals surface area contributed by atoms with Crippen LogP contribution >= 0.6 is 0 Å². The van der Waals surface area contributed by atoms with Gasteiger partial charge in [-0.1, -0.05) is 39.5 Å². The lowest BCUT2D eigenvalue weighted by Gasteiger charge is -2.55. The first-order valence-electron chi connectivity index (χ1n) is 7.46. The van der Waals surface area contributed by atoms with E-state index in [2.05, 4.69) is 13.8 Å². The van der Waals surface area contributed by atoms with Gasteiger partial charge < -0.3 is 10.8 Å². The molecule has 4 unspecified atom stereocenters. The largest absolute Gasteiger partial charge is 0.389 e. The van der Waals surface area contributed by atoms with Crippen molar-refractivity contribution in [2.45, 2.75) is 70.8 Å². The van der Waals surface area contributed by atoms with Crippen LogP contribution in [0.25, 0.3) is 0 Å². The summed E-state index contributed by atoms with van der Waals surface area (Å²) >= 11 is 0. The molecule has 0 aromatic rings. The van der Waals surface area contributed by atoms with E-state index in [1.54, 1.807) is 0 Å². The van der Waals surface area contributed by atoms with Crippen LogP contribution in [0.5, 0.6) is 0 Å². The Balaban J connectivity index is 2.25. The van der Waals surface area contributed by atoms with E-state index >= 15 is 0 Å². The van der Waals surface area contributed by atoms with Crippen LogP contribution in [0.15, 0.2) is 0 Å². The summed E-state index contributed by atoms with van der Waals surface area (Å²) in [5.74, 6) is 1.15. The standard InChI is InChI=1S/C15H29NO/c1-12-6-5-8-14(10-12,11-16)15(17)9-4-3-7-13(15)2/h12-13,17H,3-11,16H2,1-2H3. The molecule has 2 nitrogen and oxygen atoms in total. The van der Waals surface area contributed by atoms with E-state index in [0.29, 0.717) is 12.5 Å². The van der Waals surface area contributed by atoms with Gasteiger partial charge in [0.15, 0.2) is 0 Å². The molecule has 2 fully saturated rings. The van der Waals surface area contributed by atoms with Gasteiger partial charge in [0, 0.05) is 12.0 Å². The molecule has 0 aromatic heterocycles. The quantitative estimate of drug-likeness (QED) is 0.778. The van der Waals surface area contributed by atoms with Gasteiger partial charge in [0.1, 0.15) is 0 Å². The van der Waals surface area contributed by atoms with E-state index < -0.39 is 5.60 Å². The molecule has 100 valence electrons. The van der Waals surface area contributed by atoms with Gasteiger partial charge in [-0.25, -0.2) is 0 Å². The highest BCUT2D eigenvalue weighted by molar-refractivity contribution is 5.05. The molecule has 0 aromatic carbocycles. The van der Waals surface area contributed by atoms with Crippen LogP contribution in [-0.2, 0) is 0 Å². The molecule has 0 heterocycles. The monoisotopic (exact) mass is 239 g/mol. The molecule has 0 radical (unpaired) electrons. The van der Waals surface area contributed by atoms with Crippen LogP contribution in [0.1, 0.15) is 65.2 Å². The second-order valence-corrected chi connectivity index (χ2v) is 6.76. The maximum absolute atomic E-state index is 11.3. The first-order chi connectivity index (χ1) is 8.04. The molecule has 2 saturated carbocycles. The van der Waals surface area contributed by atoms with Gasteiger partial charge >= 0.3 is 0 Å². The molecule has 2 aliphatic carbocycles. The Morgan fingerprint density at radius 3 is 2.47 bits per heavy atom. The van der Waals surface area contributed by atoms with Crippen LogP contribution in [0.3, 0.4) is 0 Å². The summed E-state index contributed by atoms with van der Waals surface area (Å²) in [4.78, 5) is 0. The zero-order valence-corrected chi connectivity index (χ0v) is 11.5. The van der Waals surface area contributed by atoms with E-state index in [1.165, 1.54) is 32.1 Å². The number of hydrogen-bond acceptors (Lipinski definition) is 2. The zero-order valence-electron chi connectivity index (χ0n) is 11.5. The highest BCUT2D eigenvalue weighted by Crippen LogP contribution is 2.53. The van der Waals surface area contributed by atoms with Gasteiger partial charge in [0.25, 0.3) is 0 Å². The highest BCUT2D eigenvalue weighted by atomic mass is 16.3. The van der Waals surface area contributed by atoms with Crippen molar-refractivity contribution in [2.24, 2.45) is 23.0 Å². The maximum atomic E-state index is 11.3. The normalized spacial score (nSPS) is 48.0. The fourth-order valence-electron chi connectivity index (χ4n) is 4.53. The Morgan fingerprint density at radius 2 is 1.88 bits per heavy atom. The van der Waals surface area contributed by atoms with Crippen molar-refractivity contribution in [3.05, 3.63) is 0 Å². The Labute approximate surface area is 106 Å². The summed E-state index contributed by atoms with van der Waals surface area (Å²) < 4.78 is 0. The average Bonchev–Trinajstić information content (AvgIpc) is 2.32. The molecule has 2 aliphatic rings. The Morgan fingerprint density at radius 1 is 1.12 bits per heavy atom. The van der Waals surface area contributed by atoms with E-state index in [9.17, 15) is 5.11 Å². The van der Waals surface area contributed by atoms with Crippen molar-refractivity contribution in [3.63, 3.8) is 0 Å². The molecule has 0 spiro atoms. The predicted molar refractivity (Wildman–Crippen MR) is 71.7 cm³/mol. The second kappa shape index (κ2) is 4.89. The van der Waals surface area contributed by atoms with Gasteiger partial charge in [0.05, 0.1) is 5.60 Å². The molecular formula is C15H29NO. The van der Waals surface area contributed by atoms with E-state index in [1.807, 2.05) is 0 Å². The lowest BCUT2D eigenvalue weighted by molar-refractivity contribution is -0.158. The summed E-state index contributed by atoms with van der Waals surface area (Å²) in [5, 5.41) is 11.3. The van der Waals surface area contributed by atoms with E-state index in [4.69, 9.17) is 5.73 Å². The summed E-state index contributed by atoms with van der Waals surface area (Å²) in [6.07, 6.45) is 9.42. The smallest absolute Gasteiger partial charge is 0.0741 e. The van der Waals surface area contributed by atoms with Crippen LogP contribution in [0.4, 0.5) is 0 Å². The first kappa shape index (κ1) is 13.4. The van der Waals surface area contributed by atoms with Crippen LogP contribution < -0.4 is 5.73 Å². The van der Waals surface area contributed by atoms with Gasteiger partial charge in [-0.2, -0.15) is 0 Å². The van der Waals surface area contributed by atoms with Crippen molar-refractivity contribution in [1.82, 2.24) is 0 Å². The zero-order chi connectivity index (χ0) is 12.5. The summed E-state index contributed by atoms with van der Waals surface area (Å²) in [5.41, 5.74) is 5.63. The molecule has 0 bridgehead atoms. The number of hydrogen-bond donors (Lipinski definition) is 2. The minimum absolute atomic E-state index is 0.00447. The van der Waals surface area contributed by atoms with Gasteiger partial charge in [0.2, 0.25) is 0 Å². The summed E-state index contributed by atoms with van der Waals surface area (Å²) in [6.45, 7) is 5.22. The number of rotatable bonds is 2. The molecule has 2 rings (SSSR count). The van der Waals surface area contributed by atoms with Gasteiger partial charge in [-0.15, -0.1) is 0 Å².